The third-order valence-corrected chi connectivity index (χ3v) is 3.97. The fourth-order valence-corrected chi connectivity index (χ4v) is 2.56. The maximum atomic E-state index is 5.58. The van der Waals surface area contributed by atoms with Gasteiger partial charge in [-0.2, -0.15) is 0 Å². The zero-order valence-electron chi connectivity index (χ0n) is 10.3. The molecule has 2 aliphatic carbocycles. The molecule has 0 aromatic heterocycles. The molecule has 92 valence electrons. The first-order valence-electron chi connectivity index (χ1n) is 6.58. The zero-order chi connectivity index (χ0) is 11.4. The number of rotatable bonds is 2. The van der Waals surface area contributed by atoms with Crippen LogP contribution in [-0.4, -0.2) is 30.0 Å². The molecule has 0 amide bonds. The van der Waals surface area contributed by atoms with Crippen LogP contribution in [0.3, 0.4) is 0 Å². The van der Waals surface area contributed by atoms with E-state index in [1.165, 1.54) is 51.4 Å². The number of guanidine groups is 1. The lowest BCUT2D eigenvalue weighted by atomic mass is 9.92. The molecule has 2 aliphatic rings. The first-order valence-corrected chi connectivity index (χ1v) is 6.58. The van der Waals surface area contributed by atoms with Gasteiger partial charge in [-0.1, -0.05) is 19.3 Å². The summed E-state index contributed by atoms with van der Waals surface area (Å²) in [6.45, 7) is 0. The van der Waals surface area contributed by atoms with Crippen LogP contribution < -0.4 is 11.3 Å². The lowest BCUT2D eigenvalue weighted by molar-refractivity contribution is 0.233. The Morgan fingerprint density at radius 1 is 1.12 bits per heavy atom. The Morgan fingerprint density at radius 2 is 1.81 bits per heavy atom. The van der Waals surface area contributed by atoms with Crippen LogP contribution in [0.4, 0.5) is 0 Å². The second kappa shape index (κ2) is 5.53. The molecule has 0 atom stereocenters. The van der Waals surface area contributed by atoms with E-state index in [-0.39, 0.29) is 0 Å². The van der Waals surface area contributed by atoms with Gasteiger partial charge in [0.1, 0.15) is 0 Å². The van der Waals surface area contributed by atoms with Crippen LogP contribution in [0, 0.1) is 0 Å². The summed E-state index contributed by atoms with van der Waals surface area (Å²) in [4.78, 5) is 6.98. The fraction of sp³-hybridized carbons (Fsp3) is 0.917. The van der Waals surface area contributed by atoms with Gasteiger partial charge in [0.25, 0.3) is 0 Å². The number of nitrogens with zero attached hydrogens (tertiary/aromatic N) is 2. The Kier molecular flexibility index (Phi) is 4.04. The summed E-state index contributed by atoms with van der Waals surface area (Å²) in [6.07, 6.45) is 10.4. The average Bonchev–Trinajstić information content (AvgIpc) is 2.25. The molecule has 16 heavy (non-hydrogen) atoms. The quantitative estimate of drug-likeness (QED) is 0.324. The van der Waals surface area contributed by atoms with Crippen molar-refractivity contribution in [2.75, 3.05) is 7.05 Å². The fourth-order valence-electron chi connectivity index (χ4n) is 2.56. The van der Waals surface area contributed by atoms with Gasteiger partial charge < -0.3 is 4.90 Å². The monoisotopic (exact) mass is 224 g/mol. The summed E-state index contributed by atoms with van der Waals surface area (Å²) in [7, 11) is 2.10. The number of hydrogen-bond donors (Lipinski definition) is 2. The van der Waals surface area contributed by atoms with E-state index >= 15 is 0 Å². The van der Waals surface area contributed by atoms with Crippen molar-refractivity contribution in [2.45, 2.75) is 63.5 Å². The van der Waals surface area contributed by atoms with Gasteiger partial charge in [-0.05, 0) is 32.1 Å². The molecule has 2 saturated carbocycles. The highest BCUT2D eigenvalue weighted by Crippen LogP contribution is 2.24. The van der Waals surface area contributed by atoms with Crippen molar-refractivity contribution < 1.29 is 0 Å². The van der Waals surface area contributed by atoms with Crippen LogP contribution in [0.5, 0.6) is 0 Å². The summed E-state index contributed by atoms with van der Waals surface area (Å²) >= 11 is 0. The van der Waals surface area contributed by atoms with E-state index in [9.17, 15) is 0 Å². The molecule has 2 rings (SSSR count). The maximum Gasteiger partial charge on any atom is 0.208 e. The largest absolute Gasteiger partial charge is 0.342 e. The summed E-state index contributed by atoms with van der Waals surface area (Å²) < 4.78 is 0. The maximum absolute atomic E-state index is 5.58. The predicted octanol–water partition coefficient (Wildman–Crippen LogP) is 1.62. The summed E-state index contributed by atoms with van der Waals surface area (Å²) in [6, 6.07) is 1.14. The van der Waals surface area contributed by atoms with Crippen LogP contribution >= 0.6 is 0 Å². The lowest BCUT2D eigenvalue weighted by Crippen LogP contribution is -2.50. The smallest absolute Gasteiger partial charge is 0.208 e. The van der Waals surface area contributed by atoms with Crippen LogP contribution in [0.2, 0.25) is 0 Å². The van der Waals surface area contributed by atoms with E-state index in [2.05, 4.69) is 17.4 Å². The molecule has 3 N–H and O–H groups in total. The van der Waals surface area contributed by atoms with Gasteiger partial charge in [-0.3, -0.25) is 5.43 Å². The van der Waals surface area contributed by atoms with Crippen LogP contribution in [0.15, 0.2) is 4.99 Å². The molecule has 4 heteroatoms. The molecule has 0 aromatic carbocycles. The highest BCUT2D eigenvalue weighted by Gasteiger charge is 2.25. The zero-order valence-corrected chi connectivity index (χ0v) is 10.3. The van der Waals surface area contributed by atoms with Crippen LogP contribution in [0.25, 0.3) is 0 Å². The normalized spacial score (nSPS) is 24.0. The van der Waals surface area contributed by atoms with Crippen molar-refractivity contribution in [3.05, 3.63) is 0 Å². The van der Waals surface area contributed by atoms with E-state index in [1.54, 1.807) is 0 Å². The summed E-state index contributed by atoms with van der Waals surface area (Å²) in [5, 5.41) is 0. The number of nitrogens with two attached hydrogens (primary N) is 1. The topological polar surface area (TPSA) is 53.6 Å². The van der Waals surface area contributed by atoms with E-state index in [0.717, 1.165) is 5.96 Å². The molecule has 0 bridgehead atoms. The second-order valence-electron chi connectivity index (χ2n) is 5.08. The van der Waals surface area contributed by atoms with Crippen LogP contribution in [0.1, 0.15) is 51.4 Å². The Labute approximate surface area is 98.3 Å². The van der Waals surface area contributed by atoms with E-state index in [4.69, 9.17) is 10.8 Å². The van der Waals surface area contributed by atoms with E-state index in [1.807, 2.05) is 0 Å². The highest BCUT2D eigenvalue weighted by atomic mass is 15.4. The molecule has 0 spiro atoms. The van der Waals surface area contributed by atoms with Gasteiger partial charge in [0.05, 0.1) is 6.04 Å². The van der Waals surface area contributed by atoms with Gasteiger partial charge in [0.2, 0.25) is 5.96 Å². The Morgan fingerprint density at radius 3 is 2.31 bits per heavy atom. The van der Waals surface area contributed by atoms with E-state index < -0.39 is 0 Å². The molecular formula is C12H24N4. The first kappa shape index (κ1) is 11.7. The molecule has 0 aliphatic heterocycles. The summed E-state index contributed by atoms with van der Waals surface area (Å²) in [5.41, 5.74) is 2.77. The molecule has 4 nitrogen and oxygen atoms in total. The third kappa shape index (κ3) is 2.67. The Bertz CT molecular complexity index is 241. The SMILES string of the molecule is CN(C(=NC1CCCCC1)NN)C1CCC1. The standard InChI is InChI=1S/C12H24N4/c1-16(11-8-5-9-11)12(15-13)14-10-6-3-2-4-7-10/h10-11H,2-9,13H2,1H3,(H,14,15). The minimum atomic E-state index is 0.488. The van der Waals surface area contributed by atoms with Gasteiger partial charge in [0, 0.05) is 13.1 Å². The highest BCUT2D eigenvalue weighted by molar-refractivity contribution is 5.79. The minimum Gasteiger partial charge on any atom is -0.342 e. The number of hydrogen-bond acceptors (Lipinski definition) is 2. The molecule has 0 aromatic rings. The average molecular weight is 224 g/mol. The van der Waals surface area contributed by atoms with E-state index in [0.29, 0.717) is 12.1 Å². The molecule has 0 radical (unpaired) electrons. The minimum absolute atomic E-state index is 0.488. The number of hydrazine groups is 1. The molecular weight excluding hydrogens is 200 g/mol. The second-order valence-corrected chi connectivity index (χ2v) is 5.08. The number of nitrogens with one attached hydrogen (secondary N) is 1. The Balaban J connectivity index is 1.93. The lowest BCUT2D eigenvalue weighted by Gasteiger charge is -2.37. The molecule has 2 fully saturated rings. The predicted molar refractivity (Wildman–Crippen MR) is 67.0 cm³/mol. The van der Waals surface area contributed by atoms with Crippen molar-refractivity contribution in [3.8, 4) is 0 Å². The van der Waals surface area contributed by atoms with Gasteiger partial charge >= 0.3 is 0 Å². The van der Waals surface area contributed by atoms with Crippen molar-refractivity contribution in [2.24, 2.45) is 10.8 Å². The van der Waals surface area contributed by atoms with Crippen molar-refractivity contribution in [3.63, 3.8) is 0 Å². The first-order chi connectivity index (χ1) is 7.81. The third-order valence-electron chi connectivity index (χ3n) is 3.97. The molecule has 0 heterocycles. The summed E-state index contributed by atoms with van der Waals surface area (Å²) in [5.74, 6) is 6.47. The van der Waals surface area contributed by atoms with Gasteiger partial charge in [-0.15, -0.1) is 0 Å². The number of aliphatic imine (C=N–C) groups is 1. The van der Waals surface area contributed by atoms with Gasteiger partial charge in [0.15, 0.2) is 0 Å². The molecule has 0 saturated heterocycles. The van der Waals surface area contributed by atoms with Crippen molar-refractivity contribution in [1.29, 1.82) is 0 Å². The van der Waals surface area contributed by atoms with Crippen molar-refractivity contribution in [1.82, 2.24) is 10.3 Å². The van der Waals surface area contributed by atoms with Crippen LogP contribution in [-0.2, 0) is 0 Å². The Hall–Kier alpha value is -0.770. The van der Waals surface area contributed by atoms with Crippen molar-refractivity contribution >= 4 is 5.96 Å². The van der Waals surface area contributed by atoms with Gasteiger partial charge in [-0.25, -0.2) is 10.8 Å². The molecule has 0 unspecified atom stereocenters.